The summed E-state index contributed by atoms with van der Waals surface area (Å²) in [7, 11) is 0. The number of thioether (sulfide) groups is 1. The summed E-state index contributed by atoms with van der Waals surface area (Å²) < 4.78 is 0. The number of hydrazone groups is 1. The Morgan fingerprint density at radius 1 is 1.25 bits per heavy atom. The summed E-state index contributed by atoms with van der Waals surface area (Å²) in [6.45, 7) is 2.77. The fourth-order valence-electron chi connectivity index (χ4n) is 2.12. The van der Waals surface area contributed by atoms with Gasteiger partial charge in [0.05, 0.1) is 10.6 Å². The van der Waals surface area contributed by atoms with Gasteiger partial charge in [0.2, 0.25) is 0 Å². The van der Waals surface area contributed by atoms with Gasteiger partial charge in [-0.05, 0) is 42.5 Å². The molecule has 5 nitrogen and oxygen atoms in total. The molecule has 0 radical (unpaired) electrons. The van der Waals surface area contributed by atoms with Gasteiger partial charge < -0.3 is 5.32 Å². The fourth-order valence-corrected chi connectivity index (χ4v) is 3.57. The number of hydrogen-bond donors (Lipinski definition) is 2. The number of hydrogen-bond acceptors (Lipinski definition) is 6. The Hall–Kier alpha value is -2.12. The second-order valence-electron chi connectivity index (χ2n) is 5.21. The van der Waals surface area contributed by atoms with Crippen LogP contribution in [0.3, 0.4) is 0 Å². The summed E-state index contributed by atoms with van der Waals surface area (Å²) >= 11 is 3.14. The Balaban J connectivity index is 1.60. The Labute approximate surface area is 149 Å². The van der Waals surface area contributed by atoms with Crippen molar-refractivity contribution in [2.45, 2.75) is 13.3 Å². The van der Waals surface area contributed by atoms with Crippen LogP contribution < -0.4 is 10.7 Å². The average molecular weight is 358 g/mol. The highest BCUT2D eigenvalue weighted by Crippen LogP contribution is 2.17. The molecule has 0 bridgehead atoms. The van der Waals surface area contributed by atoms with Crippen LogP contribution in [-0.4, -0.2) is 29.1 Å². The number of rotatable bonds is 4. The highest BCUT2D eigenvalue weighted by Gasteiger charge is 2.07. The number of amidine groups is 1. The lowest BCUT2D eigenvalue weighted by atomic mass is 10.1. The summed E-state index contributed by atoms with van der Waals surface area (Å²) in [6.07, 6.45) is 1.14. The quantitative estimate of drug-likeness (QED) is 0.645. The van der Waals surface area contributed by atoms with Crippen molar-refractivity contribution >= 4 is 45.6 Å². The summed E-state index contributed by atoms with van der Waals surface area (Å²) in [5, 5.41) is 10.3. The minimum absolute atomic E-state index is 0.185. The highest BCUT2D eigenvalue weighted by molar-refractivity contribution is 8.14. The normalized spacial score (nSPS) is 14.9. The van der Waals surface area contributed by atoms with Crippen LogP contribution in [0.2, 0.25) is 0 Å². The molecule has 1 aromatic heterocycles. The van der Waals surface area contributed by atoms with E-state index in [0.717, 1.165) is 40.8 Å². The minimum atomic E-state index is -0.185. The molecule has 1 aromatic carbocycles. The van der Waals surface area contributed by atoms with Crippen molar-refractivity contribution in [1.82, 2.24) is 5.43 Å². The van der Waals surface area contributed by atoms with E-state index in [0.29, 0.717) is 4.88 Å². The van der Waals surface area contributed by atoms with E-state index in [2.05, 4.69) is 20.8 Å². The molecular formula is C17H18N4OS2. The number of benzene rings is 1. The fraction of sp³-hybridized carbons (Fsp3) is 0.235. The molecule has 1 amide bonds. The molecule has 0 aliphatic carbocycles. The van der Waals surface area contributed by atoms with E-state index in [1.165, 1.54) is 11.3 Å². The lowest BCUT2D eigenvalue weighted by Crippen LogP contribution is -2.18. The van der Waals surface area contributed by atoms with Crippen molar-refractivity contribution in [1.29, 1.82) is 0 Å². The van der Waals surface area contributed by atoms with Gasteiger partial charge in [-0.1, -0.05) is 30.0 Å². The number of nitrogens with zero attached hydrogens (tertiary/aromatic N) is 2. The van der Waals surface area contributed by atoms with Gasteiger partial charge in [-0.15, -0.1) is 11.3 Å². The van der Waals surface area contributed by atoms with Crippen LogP contribution in [0.1, 0.15) is 28.6 Å². The van der Waals surface area contributed by atoms with Gasteiger partial charge >= 0.3 is 0 Å². The number of carbonyl (C=O) groups excluding carboxylic acids is 1. The van der Waals surface area contributed by atoms with Crippen LogP contribution in [0.4, 0.5) is 5.69 Å². The van der Waals surface area contributed by atoms with Crippen LogP contribution in [0, 0.1) is 0 Å². The average Bonchev–Trinajstić information content (AvgIpc) is 3.16. The summed E-state index contributed by atoms with van der Waals surface area (Å²) in [5.41, 5.74) is 5.31. The van der Waals surface area contributed by atoms with Crippen molar-refractivity contribution in [3.63, 3.8) is 0 Å². The molecule has 0 saturated heterocycles. The third kappa shape index (κ3) is 4.46. The maximum Gasteiger partial charge on any atom is 0.281 e. The topological polar surface area (TPSA) is 65.8 Å². The summed E-state index contributed by atoms with van der Waals surface area (Å²) in [5.74, 6) is 0.926. The zero-order chi connectivity index (χ0) is 16.8. The van der Waals surface area contributed by atoms with E-state index < -0.39 is 0 Å². The Kier molecular flexibility index (Phi) is 5.66. The minimum Gasteiger partial charge on any atom is -0.335 e. The Morgan fingerprint density at radius 2 is 2.08 bits per heavy atom. The van der Waals surface area contributed by atoms with Gasteiger partial charge in [-0.3, -0.25) is 9.79 Å². The molecule has 0 saturated carbocycles. The first-order valence-electron chi connectivity index (χ1n) is 7.65. The zero-order valence-corrected chi connectivity index (χ0v) is 14.9. The van der Waals surface area contributed by atoms with Gasteiger partial charge in [-0.25, -0.2) is 5.43 Å². The third-order valence-corrected chi connectivity index (χ3v) is 5.29. The maximum absolute atomic E-state index is 11.9. The second kappa shape index (κ2) is 8.12. The van der Waals surface area contributed by atoms with E-state index in [1.54, 1.807) is 17.8 Å². The van der Waals surface area contributed by atoms with E-state index in [-0.39, 0.29) is 5.91 Å². The maximum atomic E-state index is 11.9. The molecular weight excluding hydrogens is 340 g/mol. The van der Waals surface area contributed by atoms with Crippen molar-refractivity contribution in [3.05, 3.63) is 52.2 Å². The van der Waals surface area contributed by atoms with Crippen LogP contribution in [0.25, 0.3) is 0 Å². The van der Waals surface area contributed by atoms with E-state index >= 15 is 0 Å². The van der Waals surface area contributed by atoms with Gasteiger partial charge in [-0.2, -0.15) is 5.10 Å². The molecule has 2 aromatic rings. The van der Waals surface area contributed by atoms with Crippen molar-refractivity contribution < 1.29 is 4.79 Å². The predicted molar refractivity (Wildman–Crippen MR) is 103 cm³/mol. The summed E-state index contributed by atoms with van der Waals surface area (Å²) in [4.78, 5) is 17.0. The van der Waals surface area contributed by atoms with Crippen LogP contribution in [0.15, 0.2) is 51.9 Å². The Bertz CT molecular complexity index is 751. The van der Waals surface area contributed by atoms with Crippen molar-refractivity contribution in [3.8, 4) is 0 Å². The standard InChI is InChI=1S/C17H18N4OS2/c1-12(20-21-16(22)15-4-2-10-23-15)13-5-7-14(8-6-13)19-17-18-9-3-11-24-17/h2,4-8,10H,3,9,11H2,1H3,(H,18,19)(H,21,22)/b20-12-. The summed E-state index contributed by atoms with van der Waals surface area (Å²) in [6, 6.07) is 11.6. The molecule has 24 heavy (non-hydrogen) atoms. The van der Waals surface area contributed by atoms with Crippen LogP contribution in [0.5, 0.6) is 0 Å². The SMILES string of the molecule is C/C(=N/NC(=O)c1cccs1)c1ccc(NC2=NCCCS2)cc1. The molecule has 124 valence electrons. The Morgan fingerprint density at radius 3 is 2.75 bits per heavy atom. The smallest absolute Gasteiger partial charge is 0.281 e. The van der Waals surface area contributed by atoms with Gasteiger partial charge in [0.15, 0.2) is 5.17 Å². The van der Waals surface area contributed by atoms with E-state index in [4.69, 9.17) is 0 Å². The molecule has 7 heteroatoms. The zero-order valence-electron chi connectivity index (χ0n) is 13.3. The molecule has 0 unspecified atom stereocenters. The molecule has 0 fully saturated rings. The van der Waals surface area contributed by atoms with Gasteiger partial charge in [0, 0.05) is 18.0 Å². The third-order valence-electron chi connectivity index (χ3n) is 3.42. The molecule has 1 aliphatic rings. The second-order valence-corrected chi connectivity index (χ2v) is 7.24. The molecule has 0 spiro atoms. The molecule has 3 rings (SSSR count). The van der Waals surface area contributed by atoms with E-state index in [9.17, 15) is 4.79 Å². The molecule has 2 heterocycles. The van der Waals surface area contributed by atoms with Gasteiger partial charge in [0.25, 0.3) is 5.91 Å². The number of nitrogens with one attached hydrogen (secondary N) is 2. The van der Waals surface area contributed by atoms with Crippen molar-refractivity contribution in [2.75, 3.05) is 17.6 Å². The van der Waals surface area contributed by atoms with Crippen molar-refractivity contribution in [2.24, 2.45) is 10.1 Å². The van der Waals surface area contributed by atoms with Crippen LogP contribution in [-0.2, 0) is 0 Å². The number of aliphatic imine (C=N–C) groups is 1. The predicted octanol–water partition coefficient (Wildman–Crippen LogP) is 3.81. The number of anilines is 1. The number of carbonyl (C=O) groups is 1. The first-order chi connectivity index (χ1) is 11.7. The molecule has 1 aliphatic heterocycles. The lowest BCUT2D eigenvalue weighted by molar-refractivity contribution is 0.0959. The lowest BCUT2D eigenvalue weighted by Gasteiger charge is -2.13. The van der Waals surface area contributed by atoms with Crippen LogP contribution >= 0.6 is 23.1 Å². The van der Waals surface area contributed by atoms with Gasteiger partial charge in [0.1, 0.15) is 0 Å². The van der Waals surface area contributed by atoms with E-state index in [1.807, 2.05) is 42.6 Å². The number of amides is 1. The molecule has 0 atom stereocenters. The molecule has 2 N–H and O–H groups in total. The monoisotopic (exact) mass is 358 g/mol. The number of thiophene rings is 1. The largest absolute Gasteiger partial charge is 0.335 e. The first-order valence-corrected chi connectivity index (χ1v) is 9.52. The first kappa shape index (κ1) is 16.7. The highest BCUT2D eigenvalue weighted by atomic mass is 32.2.